The van der Waals surface area contributed by atoms with Crippen LogP contribution in [0.15, 0.2) is 54.7 Å². The number of ether oxygens (including phenoxy) is 1. The van der Waals surface area contributed by atoms with Gasteiger partial charge in [-0.05, 0) is 0 Å². The summed E-state index contributed by atoms with van der Waals surface area (Å²) in [4.78, 5) is 28.0. The molecule has 2 aromatic carbocycles. The number of carbonyl (C=O) groups excluding carboxylic acids is 2. The minimum absolute atomic E-state index is 0.129. The molecule has 2 unspecified atom stereocenters. The van der Waals surface area contributed by atoms with Crippen LogP contribution in [0.1, 0.15) is 16.1 Å². The third kappa shape index (κ3) is 6.82. The molecular formula is C21H15As2ClF4N2O3. The molecule has 1 N–H and O–H groups in total. The molecule has 172 valence electrons. The van der Waals surface area contributed by atoms with Crippen molar-refractivity contribution in [3.8, 4) is 11.5 Å². The van der Waals surface area contributed by atoms with Crippen molar-refractivity contribution in [2.45, 2.75) is 6.18 Å². The van der Waals surface area contributed by atoms with Crippen molar-refractivity contribution in [2.75, 3.05) is 7.05 Å². The fraction of sp³-hybridized carbons (Fsp3) is 0.0952. The summed E-state index contributed by atoms with van der Waals surface area (Å²) in [5, 5.41) is 2.00. The zero-order valence-electron chi connectivity index (χ0n) is 16.8. The summed E-state index contributed by atoms with van der Waals surface area (Å²) in [6.07, 6.45) is -3.24. The number of rotatable bonds is 7. The van der Waals surface area contributed by atoms with Crippen LogP contribution < -0.4 is 18.8 Å². The third-order valence-corrected chi connectivity index (χ3v) is 10.8. The summed E-state index contributed by atoms with van der Waals surface area (Å²) in [6.45, 7) is 0. The molecule has 12 heteroatoms. The number of pyridine rings is 1. The molecular weight excluding hydrogens is 590 g/mol. The van der Waals surface area contributed by atoms with E-state index in [4.69, 9.17) is 16.3 Å². The second kappa shape index (κ2) is 10.7. The van der Waals surface area contributed by atoms with Crippen molar-refractivity contribution >= 4 is 61.1 Å². The number of hydrogen-bond donors (Lipinski definition) is 1. The number of aromatic nitrogens is 1. The quantitative estimate of drug-likeness (QED) is 0.333. The predicted molar refractivity (Wildman–Crippen MR) is 120 cm³/mol. The Morgan fingerprint density at radius 3 is 2.42 bits per heavy atom. The van der Waals surface area contributed by atoms with Crippen LogP contribution >= 0.6 is 11.6 Å². The Bertz CT molecular complexity index is 1210. The first kappa shape index (κ1) is 25.3. The van der Waals surface area contributed by atoms with E-state index in [1.807, 2.05) is 0 Å². The first-order valence-electron chi connectivity index (χ1n) is 9.17. The molecule has 0 fully saturated rings. The number of carbonyl (C=O) groups is 2. The number of nitrogens with zero attached hydrogens (tertiary/aromatic N) is 1. The molecule has 0 saturated carbocycles. The van der Waals surface area contributed by atoms with Gasteiger partial charge in [-0.15, -0.1) is 0 Å². The molecule has 0 saturated heterocycles. The normalized spacial score (nSPS) is 11.9. The molecule has 33 heavy (non-hydrogen) atoms. The molecule has 0 aliphatic rings. The fourth-order valence-electron chi connectivity index (χ4n) is 2.63. The number of halogens is 5. The standard InChI is InChI=1S/C21H15As2ClF4N2O3/c1-29-19(31)18-10-13(6-7-30-18)33-12-3-4-15(17(25)9-12)23-20(32)22-11-2-5-16(24)14(8-11)21(26,27)28/h2-10,22-23H,1H3,(H,29,31). The second-order valence-electron chi connectivity index (χ2n) is 6.47. The van der Waals surface area contributed by atoms with Crippen molar-refractivity contribution in [1.82, 2.24) is 10.3 Å². The first-order chi connectivity index (χ1) is 15.6. The zero-order chi connectivity index (χ0) is 24.2. The monoisotopic (exact) mass is 604 g/mol. The van der Waals surface area contributed by atoms with E-state index in [0.717, 1.165) is 18.2 Å². The average molecular weight is 605 g/mol. The molecule has 5 nitrogen and oxygen atoms in total. The fourth-order valence-corrected chi connectivity index (χ4v) is 9.33. The molecule has 1 aromatic heterocycles. The molecule has 3 aromatic rings. The predicted octanol–water partition coefficient (Wildman–Crippen LogP) is 2.99. The van der Waals surface area contributed by atoms with Crippen LogP contribution in [-0.4, -0.2) is 52.8 Å². The van der Waals surface area contributed by atoms with Crippen LogP contribution in [0.5, 0.6) is 11.5 Å². The first-order valence-corrected chi connectivity index (χ1v) is 13.7. The number of alkyl halides is 3. The topological polar surface area (TPSA) is 68.3 Å². The SMILES string of the molecule is CNC(=O)c1cc(Oc2ccc([AsH]C(=O)[AsH]c3ccc(Cl)c(C(F)(F)F)c3)c(F)c2)ccn1. The molecule has 0 bridgehead atoms. The summed E-state index contributed by atoms with van der Waals surface area (Å²) < 4.78 is 59.4. The van der Waals surface area contributed by atoms with E-state index < -0.39 is 60.0 Å². The van der Waals surface area contributed by atoms with Crippen molar-refractivity contribution in [3.05, 3.63) is 76.8 Å². The second-order valence-corrected chi connectivity index (χ2v) is 14.4. The zero-order valence-corrected chi connectivity index (χ0v) is 21.7. The van der Waals surface area contributed by atoms with Gasteiger partial charge in [0.1, 0.15) is 0 Å². The molecule has 3 rings (SSSR count). The summed E-state index contributed by atoms with van der Waals surface area (Å²) in [6, 6.07) is 10.3. The van der Waals surface area contributed by atoms with Crippen LogP contribution in [0.2, 0.25) is 5.02 Å². The van der Waals surface area contributed by atoms with Crippen molar-refractivity contribution < 1.29 is 31.9 Å². The average Bonchev–Trinajstić information content (AvgIpc) is 2.76. The Balaban J connectivity index is 1.68. The summed E-state index contributed by atoms with van der Waals surface area (Å²) >= 11 is 2.48. The molecule has 1 amide bonds. The molecule has 1 heterocycles. The third-order valence-electron chi connectivity index (χ3n) is 4.15. The molecule has 0 spiro atoms. The Hall–Kier alpha value is -2.34. The van der Waals surface area contributed by atoms with E-state index in [2.05, 4.69) is 10.3 Å². The Morgan fingerprint density at radius 1 is 1.03 bits per heavy atom. The van der Waals surface area contributed by atoms with Crippen molar-refractivity contribution in [1.29, 1.82) is 0 Å². The van der Waals surface area contributed by atoms with Crippen LogP contribution in [0.25, 0.3) is 0 Å². The van der Waals surface area contributed by atoms with Gasteiger partial charge in [0.05, 0.1) is 0 Å². The number of nitrogens with one attached hydrogen (secondary N) is 1. The van der Waals surface area contributed by atoms with E-state index in [-0.39, 0.29) is 29.3 Å². The van der Waals surface area contributed by atoms with Gasteiger partial charge in [-0.2, -0.15) is 0 Å². The van der Waals surface area contributed by atoms with Gasteiger partial charge >= 0.3 is 205 Å². The van der Waals surface area contributed by atoms with Gasteiger partial charge in [-0.1, -0.05) is 0 Å². The molecule has 2 atom stereocenters. The maximum absolute atomic E-state index is 14.6. The number of benzene rings is 2. The summed E-state index contributed by atoms with van der Waals surface area (Å²) in [7, 11) is 1.46. The van der Waals surface area contributed by atoms with Crippen LogP contribution in [0.3, 0.4) is 0 Å². The summed E-state index contributed by atoms with van der Waals surface area (Å²) in [5.74, 6) is -0.608. The summed E-state index contributed by atoms with van der Waals surface area (Å²) in [5.41, 5.74) is -0.855. The Labute approximate surface area is 204 Å². The van der Waals surface area contributed by atoms with E-state index in [0.29, 0.717) is 0 Å². The van der Waals surface area contributed by atoms with Gasteiger partial charge in [0.15, 0.2) is 0 Å². The minimum atomic E-state index is -4.61. The van der Waals surface area contributed by atoms with Crippen LogP contribution in [-0.2, 0) is 6.18 Å². The Kier molecular flexibility index (Phi) is 8.22. The van der Waals surface area contributed by atoms with Gasteiger partial charge in [0.25, 0.3) is 0 Å². The van der Waals surface area contributed by atoms with Gasteiger partial charge in [0, 0.05) is 0 Å². The number of hydrogen-bond acceptors (Lipinski definition) is 4. The van der Waals surface area contributed by atoms with Crippen molar-refractivity contribution in [3.63, 3.8) is 0 Å². The number of amides is 1. The van der Waals surface area contributed by atoms with Gasteiger partial charge < -0.3 is 0 Å². The molecule has 0 radical (unpaired) electrons. The van der Waals surface area contributed by atoms with E-state index in [1.54, 1.807) is 0 Å². The molecule has 0 aliphatic carbocycles. The van der Waals surface area contributed by atoms with Gasteiger partial charge in [-0.25, -0.2) is 0 Å². The van der Waals surface area contributed by atoms with Crippen LogP contribution in [0, 0.1) is 5.82 Å². The van der Waals surface area contributed by atoms with E-state index in [1.165, 1.54) is 43.6 Å². The van der Waals surface area contributed by atoms with Crippen LogP contribution in [0.4, 0.5) is 22.4 Å². The van der Waals surface area contributed by atoms with Crippen molar-refractivity contribution in [2.24, 2.45) is 0 Å². The van der Waals surface area contributed by atoms with Gasteiger partial charge in [-0.3, -0.25) is 0 Å². The Morgan fingerprint density at radius 2 is 1.76 bits per heavy atom. The van der Waals surface area contributed by atoms with E-state index >= 15 is 0 Å². The van der Waals surface area contributed by atoms with Gasteiger partial charge in [0.2, 0.25) is 0 Å². The van der Waals surface area contributed by atoms with E-state index in [9.17, 15) is 27.2 Å². The molecule has 0 aliphatic heterocycles. The maximum atomic E-state index is 14.6.